The number of benzene rings is 1. The van der Waals surface area contributed by atoms with Gasteiger partial charge in [0.1, 0.15) is 0 Å². The quantitative estimate of drug-likeness (QED) is 0.818. The van der Waals surface area contributed by atoms with Gasteiger partial charge in [-0.2, -0.15) is 0 Å². The molecule has 0 radical (unpaired) electrons. The second-order valence-electron chi connectivity index (χ2n) is 6.06. The Bertz CT molecular complexity index is 682. The predicted molar refractivity (Wildman–Crippen MR) is 92.4 cm³/mol. The zero-order valence-corrected chi connectivity index (χ0v) is 15.0. The third-order valence-electron chi connectivity index (χ3n) is 3.88. The van der Waals surface area contributed by atoms with Crippen molar-refractivity contribution in [3.63, 3.8) is 0 Å². The summed E-state index contributed by atoms with van der Waals surface area (Å²) in [5.41, 5.74) is 3.29. The van der Waals surface area contributed by atoms with E-state index < -0.39 is 0 Å². The standard InChI is InChI=1S/C17H23N3O2S/c1-10(2)13(5)18-15(21)9-23-17-20-19-16(22-17)14-7-6-11(3)12(4)8-14/h6-8,10,13H,9H2,1-5H3,(H,18,21)/t13-/m0/s1. The summed E-state index contributed by atoms with van der Waals surface area (Å²) in [5, 5.41) is 11.4. The molecule has 1 N–H and O–H groups in total. The molecule has 1 aromatic heterocycles. The summed E-state index contributed by atoms with van der Waals surface area (Å²) >= 11 is 1.25. The van der Waals surface area contributed by atoms with Crippen molar-refractivity contribution in [2.75, 3.05) is 5.75 Å². The van der Waals surface area contributed by atoms with Crippen LogP contribution in [0.4, 0.5) is 0 Å². The largest absolute Gasteiger partial charge is 0.411 e. The molecule has 124 valence electrons. The molecule has 0 saturated heterocycles. The van der Waals surface area contributed by atoms with Crippen LogP contribution in [-0.4, -0.2) is 27.9 Å². The minimum absolute atomic E-state index is 0.0258. The van der Waals surface area contributed by atoms with Gasteiger partial charge < -0.3 is 9.73 Å². The van der Waals surface area contributed by atoms with Crippen LogP contribution in [0.25, 0.3) is 11.5 Å². The lowest BCUT2D eigenvalue weighted by Crippen LogP contribution is -2.37. The maximum absolute atomic E-state index is 11.9. The van der Waals surface area contributed by atoms with Gasteiger partial charge in [-0.25, -0.2) is 0 Å². The molecule has 1 atom stereocenters. The number of aromatic nitrogens is 2. The fourth-order valence-electron chi connectivity index (χ4n) is 1.85. The van der Waals surface area contributed by atoms with Gasteiger partial charge in [-0.1, -0.05) is 31.7 Å². The first-order valence-corrected chi connectivity index (χ1v) is 8.68. The molecule has 0 spiro atoms. The lowest BCUT2D eigenvalue weighted by molar-refractivity contribution is -0.119. The van der Waals surface area contributed by atoms with E-state index in [2.05, 4.69) is 36.3 Å². The zero-order valence-electron chi connectivity index (χ0n) is 14.2. The van der Waals surface area contributed by atoms with Gasteiger partial charge in [-0.05, 0) is 49.9 Å². The van der Waals surface area contributed by atoms with Crippen molar-refractivity contribution in [1.82, 2.24) is 15.5 Å². The van der Waals surface area contributed by atoms with E-state index in [1.54, 1.807) is 0 Å². The summed E-state index contributed by atoms with van der Waals surface area (Å²) in [6.45, 7) is 10.3. The summed E-state index contributed by atoms with van der Waals surface area (Å²) in [5.74, 6) is 1.13. The Morgan fingerprint density at radius 1 is 1.22 bits per heavy atom. The lowest BCUT2D eigenvalue weighted by Gasteiger charge is -2.16. The van der Waals surface area contributed by atoms with Crippen LogP contribution in [0, 0.1) is 19.8 Å². The molecule has 0 saturated carbocycles. The van der Waals surface area contributed by atoms with Crippen molar-refractivity contribution in [1.29, 1.82) is 0 Å². The molecule has 1 amide bonds. The van der Waals surface area contributed by atoms with E-state index in [4.69, 9.17) is 4.42 Å². The highest BCUT2D eigenvalue weighted by Crippen LogP contribution is 2.24. The number of amides is 1. The Morgan fingerprint density at radius 2 is 1.96 bits per heavy atom. The number of thioether (sulfide) groups is 1. The number of nitrogens with zero attached hydrogens (tertiary/aromatic N) is 2. The van der Waals surface area contributed by atoms with Crippen LogP contribution in [0.2, 0.25) is 0 Å². The molecule has 1 heterocycles. The van der Waals surface area contributed by atoms with Crippen molar-refractivity contribution < 1.29 is 9.21 Å². The summed E-state index contributed by atoms with van der Waals surface area (Å²) in [7, 11) is 0. The Kier molecular flexibility index (Phi) is 5.82. The highest BCUT2D eigenvalue weighted by Gasteiger charge is 2.14. The molecule has 0 fully saturated rings. The van der Waals surface area contributed by atoms with Gasteiger partial charge in [-0.15, -0.1) is 10.2 Å². The summed E-state index contributed by atoms with van der Waals surface area (Å²) < 4.78 is 5.63. The van der Waals surface area contributed by atoms with Crippen molar-refractivity contribution >= 4 is 17.7 Å². The monoisotopic (exact) mass is 333 g/mol. The average Bonchev–Trinajstić information content (AvgIpc) is 2.96. The van der Waals surface area contributed by atoms with Crippen LogP contribution in [-0.2, 0) is 4.79 Å². The Labute approximate surface area is 141 Å². The zero-order chi connectivity index (χ0) is 17.0. The molecule has 0 aliphatic heterocycles. The van der Waals surface area contributed by atoms with Crippen molar-refractivity contribution in [3.8, 4) is 11.5 Å². The van der Waals surface area contributed by atoms with E-state index in [1.807, 2.05) is 32.0 Å². The first-order chi connectivity index (χ1) is 10.9. The fourth-order valence-corrected chi connectivity index (χ4v) is 2.42. The first-order valence-electron chi connectivity index (χ1n) is 7.70. The van der Waals surface area contributed by atoms with Gasteiger partial charge in [0.05, 0.1) is 5.75 Å². The van der Waals surface area contributed by atoms with Gasteiger partial charge in [0.15, 0.2) is 0 Å². The second kappa shape index (κ2) is 7.64. The van der Waals surface area contributed by atoms with Gasteiger partial charge >= 0.3 is 0 Å². The van der Waals surface area contributed by atoms with E-state index in [1.165, 1.54) is 22.9 Å². The molecular formula is C17H23N3O2S. The van der Waals surface area contributed by atoms with Crippen molar-refractivity contribution in [2.24, 2.45) is 5.92 Å². The van der Waals surface area contributed by atoms with Crippen LogP contribution in [0.15, 0.2) is 27.8 Å². The van der Waals surface area contributed by atoms with Crippen LogP contribution in [0.3, 0.4) is 0 Å². The molecule has 6 heteroatoms. The average molecular weight is 333 g/mol. The summed E-state index contributed by atoms with van der Waals surface area (Å²) in [6.07, 6.45) is 0. The van der Waals surface area contributed by atoms with Gasteiger partial charge in [0, 0.05) is 11.6 Å². The van der Waals surface area contributed by atoms with E-state index >= 15 is 0 Å². The molecule has 0 aliphatic rings. The third kappa shape index (κ3) is 4.82. The maximum Gasteiger partial charge on any atom is 0.277 e. The molecule has 2 aromatic rings. The number of carbonyl (C=O) groups is 1. The van der Waals surface area contributed by atoms with Crippen molar-refractivity contribution in [3.05, 3.63) is 29.3 Å². The van der Waals surface area contributed by atoms with Gasteiger partial charge in [0.25, 0.3) is 5.22 Å². The van der Waals surface area contributed by atoms with E-state index in [-0.39, 0.29) is 17.7 Å². The van der Waals surface area contributed by atoms with Crippen LogP contribution >= 0.6 is 11.8 Å². The molecule has 5 nitrogen and oxygen atoms in total. The first kappa shape index (κ1) is 17.5. The van der Waals surface area contributed by atoms with E-state index in [9.17, 15) is 4.79 Å². The normalized spacial score (nSPS) is 12.4. The minimum atomic E-state index is -0.0258. The maximum atomic E-state index is 11.9. The Hall–Kier alpha value is -1.82. The van der Waals surface area contributed by atoms with Crippen LogP contribution < -0.4 is 5.32 Å². The number of nitrogens with one attached hydrogen (secondary N) is 1. The number of carbonyl (C=O) groups excluding carboxylic acids is 1. The van der Waals surface area contributed by atoms with Gasteiger partial charge in [0.2, 0.25) is 11.8 Å². The molecule has 0 aliphatic carbocycles. The highest BCUT2D eigenvalue weighted by atomic mass is 32.2. The van der Waals surface area contributed by atoms with Crippen molar-refractivity contribution in [2.45, 2.75) is 45.9 Å². The molecule has 0 bridgehead atoms. The highest BCUT2D eigenvalue weighted by molar-refractivity contribution is 7.99. The molecule has 1 aromatic carbocycles. The van der Waals surface area contributed by atoms with Gasteiger partial charge in [-0.3, -0.25) is 4.79 Å². The fraction of sp³-hybridized carbons (Fsp3) is 0.471. The van der Waals surface area contributed by atoms with E-state index in [0.717, 1.165) is 5.56 Å². The smallest absolute Gasteiger partial charge is 0.277 e. The molecular weight excluding hydrogens is 310 g/mol. The number of hydrogen-bond donors (Lipinski definition) is 1. The van der Waals surface area contributed by atoms with E-state index in [0.29, 0.717) is 17.0 Å². The summed E-state index contributed by atoms with van der Waals surface area (Å²) in [4.78, 5) is 11.9. The second-order valence-corrected chi connectivity index (χ2v) is 6.99. The van der Waals surface area contributed by atoms with Crippen LogP contribution in [0.1, 0.15) is 31.9 Å². The molecule has 2 rings (SSSR count). The number of rotatable bonds is 6. The summed E-state index contributed by atoms with van der Waals surface area (Å²) in [6, 6.07) is 6.16. The Balaban J connectivity index is 1.94. The lowest BCUT2D eigenvalue weighted by atomic mass is 10.1. The Morgan fingerprint density at radius 3 is 2.61 bits per heavy atom. The molecule has 0 unspecified atom stereocenters. The number of aryl methyl sites for hydroxylation is 2. The SMILES string of the molecule is Cc1ccc(-c2nnc(SCC(=O)N[C@@H](C)C(C)C)o2)cc1C. The minimum Gasteiger partial charge on any atom is -0.411 e. The third-order valence-corrected chi connectivity index (χ3v) is 4.69. The molecule has 23 heavy (non-hydrogen) atoms. The number of hydrogen-bond acceptors (Lipinski definition) is 5. The topological polar surface area (TPSA) is 68.0 Å². The van der Waals surface area contributed by atoms with Crippen LogP contribution in [0.5, 0.6) is 0 Å². The predicted octanol–water partition coefficient (Wildman–Crippen LogP) is 3.61.